The Balaban J connectivity index is 2.79. The quantitative estimate of drug-likeness (QED) is 0.607. The molecule has 0 aliphatic rings. The second kappa shape index (κ2) is 3.14. The summed E-state index contributed by atoms with van der Waals surface area (Å²) < 4.78 is 16.7. The number of rotatable bonds is 2. The van der Waals surface area contributed by atoms with Gasteiger partial charge in [0.25, 0.3) is 6.01 Å². The second-order valence-corrected chi connectivity index (χ2v) is 2.09. The summed E-state index contributed by atoms with van der Waals surface area (Å²) in [5.74, 6) is 0.421. The van der Waals surface area contributed by atoms with E-state index in [9.17, 15) is 4.39 Å². The van der Waals surface area contributed by atoms with Crippen molar-refractivity contribution in [1.82, 2.24) is 4.98 Å². The van der Waals surface area contributed by atoms with Gasteiger partial charge in [0.2, 0.25) is 0 Å². The molecule has 11 heavy (non-hydrogen) atoms. The van der Waals surface area contributed by atoms with Gasteiger partial charge in [-0.25, -0.2) is 0 Å². The van der Waals surface area contributed by atoms with Crippen molar-refractivity contribution in [3.05, 3.63) is 36.6 Å². The molecule has 0 aromatic carbocycles. The number of nitrogens with zero attached hydrogens (tertiary/aromatic N) is 1. The van der Waals surface area contributed by atoms with E-state index in [-0.39, 0.29) is 0 Å². The first-order chi connectivity index (χ1) is 5.18. The van der Waals surface area contributed by atoms with Crippen LogP contribution in [0.4, 0.5) is 4.39 Å². The van der Waals surface area contributed by atoms with Crippen LogP contribution in [-0.4, -0.2) is 4.98 Å². The van der Waals surface area contributed by atoms with Crippen LogP contribution in [0.5, 0.6) is 5.75 Å². The maximum Gasteiger partial charge on any atom is 0.270 e. The highest BCUT2D eigenvalue weighted by Crippen LogP contribution is 2.13. The molecule has 0 aliphatic heterocycles. The van der Waals surface area contributed by atoms with Crippen molar-refractivity contribution in [2.24, 2.45) is 0 Å². The average Bonchev–Trinajstić information content (AvgIpc) is 1.85. The molecule has 0 radical (unpaired) electrons. The van der Waals surface area contributed by atoms with Crippen LogP contribution in [0.3, 0.4) is 0 Å². The van der Waals surface area contributed by atoms with Crippen LogP contribution < -0.4 is 4.74 Å². The summed E-state index contributed by atoms with van der Waals surface area (Å²) in [5, 5.41) is 0. The molecule has 0 saturated carbocycles. The number of halogens is 1. The largest absolute Gasteiger partial charge is 0.432 e. The van der Waals surface area contributed by atoms with Gasteiger partial charge in [-0.15, -0.1) is 0 Å². The van der Waals surface area contributed by atoms with Gasteiger partial charge in [-0.1, -0.05) is 0 Å². The van der Waals surface area contributed by atoms with Crippen molar-refractivity contribution < 1.29 is 9.13 Å². The number of hydrogen-bond donors (Lipinski definition) is 0. The highest BCUT2D eigenvalue weighted by molar-refractivity contribution is 5.22. The van der Waals surface area contributed by atoms with Gasteiger partial charge in [-0.2, -0.15) is 4.39 Å². The molecule has 1 heterocycles. The fourth-order valence-corrected chi connectivity index (χ4v) is 0.711. The smallest absolute Gasteiger partial charge is 0.270 e. The van der Waals surface area contributed by atoms with Crippen LogP contribution in [0.15, 0.2) is 30.9 Å². The molecule has 58 valence electrons. The molecule has 3 heteroatoms. The molecule has 1 rings (SSSR count). The third-order valence-corrected chi connectivity index (χ3v) is 1.10. The van der Waals surface area contributed by atoms with E-state index in [1.54, 1.807) is 25.3 Å². The Bertz CT molecular complexity index is 273. The maximum atomic E-state index is 12.1. The first-order valence-electron chi connectivity index (χ1n) is 3.13. The van der Waals surface area contributed by atoms with Gasteiger partial charge in [-0.3, -0.25) is 4.98 Å². The number of ether oxygens (including phenoxy) is 1. The van der Waals surface area contributed by atoms with E-state index in [0.717, 1.165) is 5.69 Å². The van der Waals surface area contributed by atoms with E-state index in [1.165, 1.54) is 0 Å². The van der Waals surface area contributed by atoms with Gasteiger partial charge in [0.05, 0.1) is 0 Å². The van der Waals surface area contributed by atoms with Gasteiger partial charge in [0.15, 0.2) is 0 Å². The van der Waals surface area contributed by atoms with E-state index in [1.807, 2.05) is 0 Å². The van der Waals surface area contributed by atoms with E-state index in [4.69, 9.17) is 0 Å². The van der Waals surface area contributed by atoms with Crippen LogP contribution in [0.2, 0.25) is 0 Å². The Morgan fingerprint density at radius 2 is 2.45 bits per heavy atom. The SMILES string of the molecule is C=C(F)Oc1ccnc(C)c1. The van der Waals surface area contributed by atoms with Gasteiger partial charge in [-0.05, 0) is 19.6 Å². The van der Waals surface area contributed by atoms with Crippen LogP contribution >= 0.6 is 0 Å². The van der Waals surface area contributed by atoms with Crippen LogP contribution in [0.1, 0.15) is 5.69 Å². The highest BCUT2D eigenvalue weighted by Gasteiger charge is 1.95. The number of aromatic nitrogens is 1. The molecule has 0 N–H and O–H groups in total. The predicted octanol–water partition coefficient (Wildman–Crippen LogP) is 2.21. The molecular formula is C8H8FNO. The lowest BCUT2D eigenvalue weighted by molar-refractivity contribution is 0.304. The van der Waals surface area contributed by atoms with E-state index >= 15 is 0 Å². The van der Waals surface area contributed by atoms with E-state index < -0.39 is 6.01 Å². The zero-order chi connectivity index (χ0) is 8.27. The number of hydrogen-bond acceptors (Lipinski definition) is 2. The van der Waals surface area contributed by atoms with Crippen LogP contribution in [-0.2, 0) is 0 Å². The molecule has 1 aromatic heterocycles. The van der Waals surface area contributed by atoms with Gasteiger partial charge >= 0.3 is 0 Å². The Kier molecular flexibility index (Phi) is 2.21. The summed E-state index contributed by atoms with van der Waals surface area (Å²) in [6, 6.07) is 2.39. The molecule has 0 unspecified atom stereocenters. The minimum absolute atomic E-state index is 0.421. The first kappa shape index (κ1) is 7.72. The van der Waals surface area contributed by atoms with Gasteiger partial charge < -0.3 is 4.74 Å². The lowest BCUT2D eigenvalue weighted by atomic mass is 10.4. The summed E-state index contributed by atoms with van der Waals surface area (Å²) in [5.41, 5.74) is 0.781. The van der Waals surface area contributed by atoms with E-state index in [2.05, 4.69) is 16.3 Å². The molecular weight excluding hydrogens is 145 g/mol. The second-order valence-electron chi connectivity index (χ2n) is 2.09. The standard InChI is InChI=1S/C8H8FNO/c1-6-5-8(3-4-10-6)11-7(2)9/h3-5H,2H2,1H3. The average molecular weight is 153 g/mol. The molecule has 0 bridgehead atoms. The maximum absolute atomic E-state index is 12.1. The van der Waals surface area contributed by atoms with Gasteiger partial charge in [0, 0.05) is 18.0 Å². The molecule has 1 aromatic rings. The monoisotopic (exact) mass is 153 g/mol. The summed E-state index contributed by atoms with van der Waals surface area (Å²) in [6.45, 7) is 4.77. The topological polar surface area (TPSA) is 22.1 Å². The molecule has 0 saturated heterocycles. The zero-order valence-electron chi connectivity index (χ0n) is 6.17. The normalized spacial score (nSPS) is 9.27. The molecule has 0 amide bonds. The van der Waals surface area contributed by atoms with Crippen molar-refractivity contribution in [2.75, 3.05) is 0 Å². The third-order valence-electron chi connectivity index (χ3n) is 1.10. The summed E-state index contributed by atoms with van der Waals surface area (Å²) in [4.78, 5) is 3.91. The molecule has 0 fully saturated rings. The lowest BCUT2D eigenvalue weighted by Crippen LogP contribution is -1.88. The van der Waals surface area contributed by atoms with Crippen LogP contribution in [0.25, 0.3) is 0 Å². The third kappa shape index (κ3) is 2.37. The molecule has 2 nitrogen and oxygen atoms in total. The lowest BCUT2D eigenvalue weighted by Gasteiger charge is -2.00. The Hall–Kier alpha value is -1.38. The first-order valence-corrected chi connectivity index (χ1v) is 3.13. The minimum Gasteiger partial charge on any atom is -0.432 e. The Labute approximate surface area is 64.3 Å². The van der Waals surface area contributed by atoms with Crippen molar-refractivity contribution in [1.29, 1.82) is 0 Å². The van der Waals surface area contributed by atoms with Crippen LogP contribution in [0, 0.1) is 6.92 Å². The zero-order valence-corrected chi connectivity index (χ0v) is 6.17. The Morgan fingerprint density at radius 3 is 3.00 bits per heavy atom. The summed E-state index contributed by atoms with van der Waals surface area (Å²) in [7, 11) is 0. The molecule has 0 spiro atoms. The highest BCUT2D eigenvalue weighted by atomic mass is 19.1. The van der Waals surface area contributed by atoms with E-state index in [0.29, 0.717) is 5.75 Å². The summed E-state index contributed by atoms with van der Waals surface area (Å²) in [6.07, 6.45) is 1.55. The Morgan fingerprint density at radius 1 is 1.73 bits per heavy atom. The van der Waals surface area contributed by atoms with Crippen molar-refractivity contribution in [2.45, 2.75) is 6.92 Å². The molecule has 0 atom stereocenters. The van der Waals surface area contributed by atoms with Crippen molar-refractivity contribution in [3.63, 3.8) is 0 Å². The summed E-state index contributed by atoms with van der Waals surface area (Å²) >= 11 is 0. The predicted molar refractivity (Wildman–Crippen MR) is 39.9 cm³/mol. The number of aryl methyl sites for hydroxylation is 1. The minimum atomic E-state index is -0.810. The fraction of sp³-hybridized carbons (Fsp3) is 0.125. The van der Waals surface area contributed by atoms with Gasteiger partial charge in [0.1, 0.15) is 5.75 Å². The number of pyridine rings is 1. The van der Waals surface area contributed by atoms with Crippen molar-refractivity contribution >= 4 is 0 Å². The fourth-order valence-electron chi connectivity index (χ4n) is 0.711. The van der Waals surface area contributed by atoms with Crippen molar-refractivity contribution in [3.8, 4) is 5.75 Å². The molecule has 0 aliphatic carbocycles.